The van der Waals surface area contributed by atoms with E-state index in [0.717, 1.165) is 6.42 Å². The van der Waals surface area contributed by atoms with Crippen LogP contribution in [0.25, 0.3) is 0 Å². The Morgan fingerprint density at radius 2 is 1.84 bits per heavy atom. The van der Waals surface area contributed by atoms with Crippen LogP contribution in [0.5, 0.6) is 0 Å². The minimum Gasteiger partial charge on any atom is -0.495 e. The summed E-state index contributed by atoms with van der Waals surface area (Å²) < 4.78 is 10.5. The molecule has 19 heavy (non-hydrogen) atoms. The summed E-state index contributed by atoms with van der Waals surface area (Å²) in [4.78, 5) is 11.5. The van der Waals surface area contributed by atoms with E-state index >= 15 is 0 Å². The first kappa shape index (κ1) is 18.0. The molecule has 1 atom stereocenters. The number of carbonyl (C=O) groups excluding carboxylic acids is 1. The highest BCUT2D eigenvalue weighted by Crippen LogP contribution is 2.13. The Morgan fingerprint density at radius 1 is 1.16 bits per heavy atom. The van der Waals surface area contributed by atoms with Crippen molar-refractivity contribution in [2.45, 2.75) is 72.8 Å². The van der Waals surface area contributed by atoms with Gasteiger partial charge in [-0.1, -0.05) is 39.5 Å². The van der Waals surface area contributed by atoms with Crippen LogP contribution in [0.2, 0.25) is 0 Å². The molecule has 3 heteroatoms. The molecule has 112 valence electrons. The lowest BCUT2D eigenvalue weighted by Crippen LogP contribution is -2.08. The molecular weight excluding hydrogens is 240 g/mol. The van der Waals surface area contributed by atoms with Crippen LogP contribution in [0.4, 0.5) is 0 Å². The van der Waals surface area contributed by atoms with Gasteiger partial charge in [0, 0.05) is 0 Å². The molecule has 0 aromatic heterocycles. The monoisotopic (exact) mass is 270 g/mol. The molecule has 0 N–H and O–H groups in total. The van der Waals surface area contributed by atoms with Gasteiger partial charge < -0.3 is 9.47 Å². The molecule has 0 fully saturated rings. The maximum atomic E-state index is 11.5. The predicted molar refractivity (Wildman–Crippen MR) is 78.9 cm³/mol. The summed E-state index contributed by atoms with van der Waals surface area (Å²) in [6.07, 6.45) is 7.47. The third-order valence-electron chi connectivity index (χ3n) is 2.90. The quantitative estimate of drug-likeness (QED) is 0.254. The molecule has 0 saturated carbocycles. The summed E-state index contributed by atoms with van der Waals surface area (Å²) in [7, 11) is 0. The molecule has 0 aliphatic carbocycles. The first-order chi connectivity index (χ1) is 8.95. The van der Waals surface area contributed by atoms with Gasteiger partial charge in [0.1, 0.15) is 5.76 Å². The van der Waals surface area contributed by atoms with E-state index in [1.807, 2.05) is 13.8 Å². The normalized spacial score (nSPS) is 13.5. The highest BCUT2D eigenvalue weighted by molar-refractivity contribution is 5.82. The molecule has 0 heterocycles. The van der Waals surface area contributed by atoms with Crippen LogP contribution in [0.1, 0.15) is 66.7 Å². The minimum absolute atomic E-state index is 0.0858. The number of hydrogen-bond acceptors (Lipinski definition) is 3. The van der Waals surface area contributed by atoms with Crippen LogP contribution in [-0.2, 0) is 14.3 Å². The Balaban J connectivity index is 3.73. The number of hydrogen-bond donors (Lipinski definition) is 0. The zero-order valence-corrected chi connectivity index (χ0v) is 13.2. The van der Waals surface area contributed by atoms with Crippen molar-refractivity contribution < 1.29 is 14.3 Å². The van der Waals surface area contributed by atoms with Crippen molar-refractivity contribution in [1.29, 1.82) is 0 Å². The summed E-state index contributed by atoms with van der Waals surface area (Å²) in [5.41, 5.74) is 0. The maximum Gasteiger partial charge on any atom is 0.334 e. The summed E-state index contributed by atoms with van der Waals surface area (Å²) in [5, 5.41) is 0. The van der Waals surface area contributed by atoms with Crippen molar-refractivity contribution >= 4 is 5.97 Å². The van der Waals surface area contributed by atoms with E-state index in [2.05, 4.69) is 13.8 Å². The van der Waals surface area contributed by atoms with E-state index < -0.39 is 0 Å². The topological polar surface area (TPSA) is 35.5 Å². The van der Waals surface area contributed by atoms with Crippen LogP contribution in [0.3, 0.4) is 0 Å². The van der Waals surface area contributed by atoms with E-state index in [9.17, 15) is 4.79 Å². The SMILES string of the molecule is CCCCCC(C)CCOC(=O)/C=C(/C)OC(C)C. The average molecular weight is 270 g/mol. The molecule has 0 radical (unpaired) electrons. The Kier molecular flexibility index (Phi) is 10.3. The number of rotatable bonds is 10. The zero-order chi connectivity index (χ0) is 14.7. The van der Waals surface area contributed by atoms with Gasteiger partial charge in [-0.15, -0.1) is 0 Å². The second-order valence-corrected chi connectivity index (χ2v) is 5.48. The van der Waals surface area contributed by atoms with Gasteiger partial charge >= 0.3 is 5.97 Å². The van der Waals surface area contributed by atoms with Gasteiger partial charge in [-0.25, -0.2) is 4.79 Å². The standard InChI is InChI=1S/C16H30O3/c1-6-7-8-9-14(4)10-11-18-16(17)12-15(5)19-13(2)3/h12-14H,6-11H2,1-5H3/b15-12-. The second kappa shape index (κ2) is 10.9. The van der Waals surface area contributed by atoms with Crippen LogP contribution in [0, 0.1) is 5.92 Å². The molecule has 0 saturated heterocycles. The number of esters is 1. The molecule has 3 nitrogen and oxygen atoms in total. The summed E-state index contributed by atoms with van der Waals surface area (Å²) >= 11 is 0. The van der Waals surface area contributed by atoms with E-state index in [1.54, 1.807) is 6.92 Å². The zero-order valence-electron chi connectivity index (χ0n) is 13.2. The van der Waals surface area contributed by atoms with Crippen molar-refractivity contribution in [2.24, 2.45) is 5.92 Å². The van der Waals surface area contributed by atoms with Crippen LogP contribution >= 0.6 is 0 Å². The Hall–Kier alpha value is -0.990. The molecule has 0 aliphatic rings. The lowest BCUT2D eigenvalue weighted by molar-refractivity contribution is -0.138. The highest BCUT2D eigenvalue weighted by atomic mass is 16.5. The van der Waals surface area contributed by atoms with E-state index in [-0.39, 0.29) is 12.1 Å². The Bertz CT molecular complexity index is 269. The molecule has 1 unspecified atom stereocenters. The van der Waals surface area contributed by atoms with Crippen molar-refractivity contribution in [3.8, 4) is 0 Å². The van der Waals surface area contributed by atoms with E-state index in [4.69, 9.17) is 9.47 Å². The predicted octanol–water partition coefficient (Wildman–Crippen LogP) is 4.46. The van der Waals surface area contributed by atoms with E-state index in [1.165, 1.54) is 31.8 Å². The van der Waals surface area contributed by atoms with Crippen molar-refractivity contribution in [3.05, 3.63) is 11.8 Å². The molecule has 0 bridgehead atoms. The third-order valence-corrected chi connectivity index (χ3v) is 2.90. The number of unbranched alkanes of at least 4 members (excludes halogenated alkanes) is 2. The summed E-state index contributed by atoms with van der Waals surface area (Å²) in [5.74, 6) is 0.922. The fourth-order valence-electron chi connectivity index (χ4n) is 1.86. The first-order valence-electron chi connectivity index (χ1n) is 7.47. The maximum absolute atomic E-state index is 11.5. The molecule has 0 aromatic carbocycles. The smallest absolute Gasteiger partial charge is 0.334 e. The van der Waals surface area contributed by atoms with Gasteiger partial charge in [-0.3, -0.25) is 0 Å². The second-order valence-electron chi connectivity index (χ2n) is 5.48. The van der Waals surface area contributed by atoms with Crippen molar-refractivity contribution in [3.63, 3.8) is 0 Å². The van der Waals surface area contributed by atoms with Gasteiger partial charge in [0.25, 0.3) is 0 Å². The molecule has 0 aromatic rings. The minimum atomic E-state index is -0.307. The lowest BCUT2D eigenvalue weighted by atomic mass is 10.0. The average Bonchev–Trinajstić information content (AvgIpc) is 2.27. The van der Waals surface area contributed by atoms with Crippen LogP contribution in [-0.4, -0.2) is 18.7 Å². The number of carbonyl (C=O) groups is 1. The van der Waals surface area contributed by atoms with Gasteiger partial charge in [-0.2, -0.15) is 0 Å². The van der Waals surface area contributed by atoms with E-state index in [0.29, 0.717) is 18.3 Å². The summed E-state index contributed by atoms with van der Waals surface area (Å²) in [6.45, 7) is 10.6. The molecule has 0 amide bonds. The van der Waals surface area contributed by atoms with Gasteiger partial charge in [0.2, 0.25) is 0 Å². The van der Waals surface area contributed by atoms with Crippen molar-refractivity contribution in [2.75, 3.05) is 6.61 Å². The van der Waals surface area contributed by atoms with Gasteiger partial charge in [0.05, 0.1) is 18.8 Å². The molecular formula is C16H30O3. The molecule has 0 spiro atoms. The first-order valence-corrected chi connectivity index (χ1v) is 7.47. The third kappa shape index (κ3) is 11.8. The van der Waals surface area contributed by atoms with Gasteiger partial charge in [-0.05, 0) is 33.1 Å². The molecule has 0 aliphatic heterocycles. The van der Waals surface area contributed by atoms with Crippen LogP contribution in [0.15, 0.2) is 11.8 Å². The summed E-state index contributed by atoms with van der Waals surface area (Å²) in [6, 6.07) is 0. The molecule has 0 rings (SSSR count). The van der Waals surface area contributed by atoms with Crippen molar-refractivity contribution in [1.82, 2.24) is 0 Å². The Morgan fingerprint density at radius 3 is 2.42 bits per heavy atom. The number of allylic oxidation sites excluding steroid dienone is 1. The highest BCUT2D eigenvalue weighted by Gasteiger charge is 2.05. The fraction of sp³-hybridized carbons (Fsp3) is 0.812. The van der Waals surface area contributed by atoms with Gasteiger partial charge in [0.15, 0.2) is 0 Å². The Labute approximate surface area is 118 Å². The lowest BCUT2D eigenvalue weighted by Gasteiger charge is -2.11. The largest absolute Gasteiger partial charge is 0.495 e. The number of ether oxygens (including phenoxy) is 2. The van der Waals surface area contributed by atoms with Crippen LogP contribution < -0.4 is 0 Å². The fourth-order valence-corrected chi connectivity index (χ4v) is 1.86.